The van der Waals surface area contributed by atoms with Crippen LogP contribution in [0.2, 0.25) is 5.02 Å². The first-order valence-corrected chi connectivity index (χ1v) is 10.6. The normalized spacial score (nSPS) is 19.2. The van der Waals surface area contributed by atoms with E-state index < -0.39 is 0 Å². The van der Waals surface area contributed by atoms with Crippen molar-refractivity contribution in [2.24, 2.45) is 0 Å². The molecule has 2 aliphatic rings. The highest BCUT2D eigenvalue weighted by atomic mass is 35.5. The molecule has 0 atom stereocenters. The number of rotatable bonds is 6. The second-order valence-electron chi connectivity index (χ2n) is 8.15. The van der Waals surface area contributed by atoms with Crippen molar-refractivity contribution in [1.29, 1.82) is 0 Å². The van der Waals surface area contributed by atoms with Gasteiger partial charge < -0.3 is 10.6 Å². The van der Waals surface area contributed by atoms with E-state index in [1.165, 1.54) is 11.1 Å². The Morgan fingerprint density at radius 1 is 1.04 bits per heavy atom. The number of hydrogen-bond donors (Lipinski definition) is 2. The van der Waals surface area contributed by atoms with Crippen molar-refractivity contribution >= 4 is 17.6 Å². The van der Waals surface area contributed by atoms with E-state index in [0.717, 1.165) is 50.3 Å². The number of carbonyl (C=O) groups is 1. The zero-order valence-electron chi connectivity index (χ0n) is 16.2. The van der Waals surface area contributed by atoms with Gasteiger partial charge in [-0.1, -0.05) is 54.1 Å². The smallest absolute Gasteiger partial charge is 0.315 e. The third-order valence-corrected chi connectivity index (χ3v) is 6.32. The number of benzene rings is 2. The fraction of sp³-hybridized carbons (Fsp3) is 0.435. The van der Waals surface area contributed by atoms with Crippen molar-refractivity contribution in [3.63, 3.8) is 0 Å². The number of likely N-dealkylation sites (tertiary alicyclic amines) is 1. The summed E-state index contributed by atoms with van der Waals surface area (Å²) in [7, 11) is 0. The second kappa shape index (κ2) is 8.54. The van der Waals surface area contributed by atoms with E-state index in [1.807, 2.05) is 12.1 Å². The first-order valence-electron chi connectivity index (χ1n) is 10.2. The lowest BCUT2D eigenvalue weighted by Gasteiger charge is -2.32. The number of nitrogens with one attached hydrogen (secondary N) is 2. The number of urea groups is 1. The van der Waals surface area contributed by atoms with E-state index in [9.17, 15) is 4.79 Å². The molecule has 148 valence electrons. The molecule has 0 radical (unpaired) electrons. The number of amides is 2. The molecule has 2 N–H and O–H groups in total. The number of carbonyl (C=O) groups excluding carboxylic acids is 1. The SMILES string of the molecule is O=C(NCC1(c2ccc(Cl)cc2)CC1)NC1CCN(Cc2ccccc2)CC1. The molecule has 1 saturated heterocycles. The third-order valence-electron chi connectivity index (χ3n) is 6.07. The summed E-state index contributed by atoms with van der Waals surface area (Å²) < 4.78 is 0. The highest BCUT2D eigenvalue weighted by Crippen LogP contribution is 2.47. The summed E-state index contributed by atoms with van der Waals surface area (Å²) in [6, 6.07) is 18.8. The maximum absolute atomic E-state index is 12.4. The Balaban J connectivity index is 1.19. The van der Waals surface area contributed by atoms with E-state index in [0.29, 0.717) is 6.54 Å². The quantitative estimate of drug-likeness (QED) is 0.761. The van der Waals surface area contributed by atoms with Crippen LogP contribution < -0.4 is 10.6 Å². The average Bonchev–Trinajstić information content (AvgIpc) is 3.50. The number of hydrogen-bond acceptors (Lipinski definition) is 2. The minimum Gasteiger partial charge on any atom is -0.337 e. The van der Waals surface area contributed by atoms with Gasteiger partial charge in [0.2, 0.25) is 0 Å². The zero-order valence-corrected chi connectivity index (χ0v) is 16.9. The molecule has 1 heterocycles. The summed E-state index contributed by atoms with van der Waals surface area (Å²) in [6.07, 6.45) is 4.24. The van der Waals surface area contributed by atoms with Crippen molar-refractivity contribution in [2.75, 3.05) is 19.6 Å². The minimum absolute atomic E-state index is 0.0400. The monoisotopic (exact) mass is 397 g/mol. The molecule has 4 rings (SSSR count). The Kier molecular flexibility index (Phi) is 5.88. The van der Waals surface area contributed by atoms with Crippen LogP contribution in [0.1, 0.15) is 36.8 Å². The molecule has 28 heavy (non-hydrogen) atoms. The molecule has 2 aromatic rings. The van der Waals surface area contributed by atoms with Gasteiger partial charge in [0.1, 0.15) is 0 Å². The Hall–Kier alpha value is -2.04. The second-order valence-corrected chi connectivity index (χ2v) is 8.59. The van der Waals surface area contributed by atoms with Crippen LogP contribution in [0.15, 0.2) is 54.6 Å². The van der Waals surface area contributed by atoms with Gasteiger partial charge in [-0.3, -0.25) is 4.90 Å². The van der Waals surface area contributed by atoms with Crippen molar-refractivity contribution < 1.29 is 4.79 Å². The Bertz CT molecular complexity index is 781. The molecule has 2 fully saturated rings. The topological polar surface area (TPSA) is 44.4 Å². The number of halogens is 1. The van der Waals surface area contributed by atoms with Gasteiger partial charge in [0.25, 0.3) is 0 Å². The van der Waals surface area contributed by atoms with Gasteiger partial charge in [-0.15, -0.1) is 0 Å². The molecule has 0 spiro atoms. The van der Waals surface area contributed by atoms with E-state index >= 15 is 0 Å². The van der Waals surface area contributed by atoms with Crippen LogP contribution in [-0.2, 0) is 12.0 Å². The summed E-state index contributed by atoms with van der Waals surface area (Å²) in [5.41, 5.74) is 2.72. The molecular weight excluding hydrogens is 370 g/mol. The number of piperidine rings is 1. The summed E-state index contributed by atoms with van der Waals surface area (Å²) in [5, 5.41) is 7.02. The highest BCUT2D eigenvalue weighted by Gasteiger charge is 2.44. The van der Waals surface area contributed by atoms with Gasteiger partial charge in [0, 0.05) is 42.7 Å². The number of nitrogens with zero attached hydrogens (tertiary/aromatic N) is 1. The lowest BCUT2D eigenvalue weighted by Crippen LogP contribution is -2.48. The van der Waals surface area contributed by atoms with Crippen molar-refractivity contribution in [1.82, 2.24) is 15.5 Å². The first-order chi connectivity index (χ1) is 13.6. The Labute approximate surface area is 172 Å². The summed E-state index contributed by atoms with van der Waals surface area (Å²) in [6.45, 7) is 3.72. The van der Waals surface area contributed by atoms with Gasteiger partial charge >= 0.3 is 6.03 Å². The molecule has 1 saturated carbocycles. The standard InChI is InChI=1S/C23H28ClN3O/c24-20-8-6-19(7-9-20)23(12-13-23)17-25-22(28)26-21-10-14-27(15-11-21)16-18-4-2-1-3-5-18/h1-9,21H,10-17H2,(H2,25,26,28). The van der Waals surface area contributed by atoms with Gasteiger partial charge in [0.15, 0.2) is 0 Å². The fourth-order valence-corrected chi connectivity index (χ4v) is 4.21. The molecule has 0 unspecified atom stereocenters. The van der Waals surface area contributed by atoms with Gasteiger partial charge in [-0.05, 0) is 48.9 Å². The minimum atomic E-state index is -0.0400. The molecule has 1 aliphatic heterocycles. The van der Waals surface area contributed by atoms with Crippen molar-refractivity contribution in [3.05, 3.63) is 70.7 Å². The van der Waals surface area contributed by atoms with Gasteiger partial charge in [0.05, 0.1) is 0 Å². The fourth-order valence-electron chi connectivity index (χ4n) is 4.08. The van der Waals surface area contributed by atoms with Crippen LogP contribution in [0.5, 0.6) is 0 Å². The average molecular weight is 398 g/mol. The zero-order chi connectivity index (χ0) is 19.4. The lowest BCUT2D eigenvalue weighted by molar-refractivity contribution is 0.186. The van der Waals surface area contributed by atoms with Crippen LogP contribution in [0, 0.1) is 0 Å². The summed E-state index contributed by atoms with van der Waals surface area (Å²) >= 11 is 5.99. The molecule has 4 nitrogen and oxygen atoms in total. The van der Waals surface area contributed by atoms with Crippen molar-refractivity contribution in [3.8, 4) is 0 Å². The largest absolute Gasteiger partial charge is 0.337 e. The Morgan fingerprint density at radius 3 is 2.36 bits per heavy atom. The van der Waals surface area contributed by atoms with Crippen LogP contribution in [0.25, 0.3) is 0 Å². The maximum atomic E-state index is 12.4. The van der Waals surface area contributed by atoms with Gasteiger partial charge in [-0.25, -0.2) is 4.79 Å². The molecular formula is C23H28ClN3O. The van der Waals surface area contributed by atoms with Crippen LogP contribution in [-0.4, -0.2) is 36.6 Å². The van der Waals surface area contributed by atoms with E-state index in [2.05, 4.69) is 58.0 Å². The van der Waals surface area contributed by atoms with Gasteiger partial charge in [-0.2, -0.15) is 0 Å². The lowest BCUT2D eigenvalue weighted by atomic mass is 9.96. The van der Waals surface area contributed by atoms with E-state index in [1.54, 1.807) is 0 Å². The molecule has 2 aromatic carbocycles. The maximum Gasteiger partial charge on any atom is 0.315 e. The van der Waals surface area contributed by atoms with Crippen LogP contribution >= 0.6 is 11.6 Å². The Morgan fingerprint density at radius 2 is 1.71 bits per heavy atom. The molecule has 5 heteroatoms. The van der Waals surface area contributed by atoms with E-state index in [-0.39, 0.29) is 17.5 Å². The highest BCUT2D eigenvalue weighted by molar-refractivity contribution is 6.30. The molecule has 0 aromatic heterocycles. The molecule has 0 bridgehead atoms. The molecule has 2 amide bonds. The third kappa shape index (κ3) is 4.86. The van der Waals surface area contributed by atoms with Crippen LogP contribution in [0.4, 0.5) is 4.79 Å². The summed E-state index contributed by atoms with van der Waals surface area (Å²) in [4.78, 5) is 14.9. The first kappa shape index (κ1) is 19.3. The summed E-state index contributed by atoms with van der Waals surface area (Å²) in [5.74, 6) is 0. The molecule has 1 aliphatic carbocycles. The van der Waals surface area contributed by atoms with Crippen molar-refractivity contribution in [2.45, 2.75) is 43.7 Å². The van der Waals surface area contributed by atoms with E-state index in [4.69, 9.17) is 11.6 Å². The predicted molar refractivity (Wildman–Crippen MR) is 114 cm³/mol. The van der Waals surface area contributed by atoms with Crippen LogP contribution in [0.3, 0.4) is 0 Å². The predicted octanol–water partition coefficient (Wildman–Crippen LogP) is 4.34.